The molecule has 0 heterocycles. The molecule has 3 N–H and O–H groups in total. The summed E-state index contributed by atoms with van der Waals surface area (Å²) in [5.74, 6) is 7.31. The third-order valence-electron chi connectivity index (χ3n) is 1.54. The maximum absolute atomic E-state index is 12.5. The zero-order valence-corrected chi connectivity index (χ0v) is 6.42. The minimum absolute atomic E-state index is 0.286. The Labute approximate surface area is 70.6 Å². The van der Waals surface area contributed by atoms with Crippen LogP contribution in [0.5, 0.6) is 0 Å². The van der Waals surface area contributed by atoms with Gasteiger partial charge in [-0.15, -0.1) is 6.42 Å². The molecule has 0 bridgehead atoms. The van der Waals surface area contributed by atoms with Gasteiger partial charge in [0.2, 0.25) is 0 Å². The number of halogens is 1. The second-order valence-corrected chi connectivity index (χ2v) is 2.32. The lowest BCUT2D eigenvalue weighted by atomic mass is 10.1. The minimum Gasteiger partial charge on any atom is -0.270 e. The molecule has 0 saturated heterocycles. The number of terminal acetylenes is 1. The summed E-state index contributed by atoms with van der Waals surface area (Å²) in [6.45, 7) is 0. The van der Waals surface area contributed by atoms with Crippen LogP contribution in [0.3, 0.4) is 0 Å². The van der Waals surface area contributed by atoms with Gasteiger partial charge in [-0.3, -0.25) is 5.84 Å². The SMILES string of the molecule is C#CC(NN)c1ccc(F)cc1. The molecule has 1 rings (SSSR count). The van der Waals surface area contributed by atoms with Gasteiger partial charge in [0.1, 0.15) is 11.9 Å². The van der Waals surface area contributed by atoms with Gasteiger partial charge < -0.3 is 0 Å². The first kappa shape index (κ1) is 8.72. The summed E-state index contributed by atoms with van der Waals surface area (Å²) in [7, 11) is 0. The Bertz CT molecular complexity index is 286. The molecule has 0 aromatic heterocycles. The van der Waals surface area contributed by atoms with Crippen molar-refractivity contribution >= 4 is 0 Å². The Hall–Kier alpha value is -1.37. The number of benzene rings is 1. The third-order valence-corrected chi connectivity index (χ3v) is 1.54. The maximum Gasteiger partial charge on any atom is 0.123 e. The highest BCUT2D eigenvalue weighted by atomic mass is 19.1. The van der Waals surface area contributed by atoms with E-state index in [4.69, 9.17) is 12.3 Å². The summed E-state index contributed by atoms with van der Waals surface area (Å²) in [4.78, 5) is 0. The molecule has 1 aromatic carbocycles. The number of rotatable bonds is 2. The molecule has 1 aromatic rings. The van der Waals surface area contributed by atoms with Crippen LogP contribution in [0.1, 0.15) is 11.6 Å². The van der Waals surface area contributed by atoms with Crippen LogP contribution in [0.25, 0.3) is 0 Å². The lowest BCUT2D eigenvalue weighted by molar-refractivity contribution is 0.622. The molecule has 0 aliphatic heterocycles. The molecule has 12 heavy (non-hydrogen) atoms. The first-order valence-electron chi connectivity index (χ1n) is 3.45. The predicted octanol–water partition coefficient (Wildman–Crippen LogP) is 0.963. The molecule has 2 nitrogen and oxygen atoms in total. The van der Waals surface area contributed by atoms with Crippen molar-refractivity contribution in [1.29, 1.82) is 0 Å². The topological polar surface area (TPSA) is 38.0 Å². The molecule has 0 aliphatic carbocycles. The van der Waals surface area contributed by atoms with Crippen LogP contribution in [0.2, 0.25) is 0 Å². The van der Waals surface area contributed by atoms with Gasteiger partial charge in [-0.05, 0) is 17.7 Å². The van der Waals surface area contributed by atoms with Gasteiger partial charge in [0, 0.05) is 0 Å². The molecule has 1 atom stereocenters. The van der Waals surface area contributed by atoms with Crippen LogP contribution < -0.4 is 11.3 Å². The minimum atomic E-state index is -0.356. The Balaban J connectivity index is 2.89. The van der Waals surface area contributed by atoms with E-state index in [-0.39, 0.29) is 11.9 Å². The van der Waals surface area contributed by atoms with Crippen LogP contribution in [0, 0.1) is 18.2 Å². The highest BCUT2D eigenvalue weighted by Crippen LogP contribution is 2.10. The van der Waals surface area contributed by atoms with E-state index < -0.39 is 0 Å². The summed E-state index contributed by atoms with van der Waals surface area (Å²) in [5, 5.41) is 0. The summed E-state index contributed by atoms with van der Waals surface area (Å²) in [6.07, 6.45) is 5.17. The molecule has 3 heteroatoms. The summed E-state index contributed by atoms with van der Waals surface area (Å²) in [5.41, 5.74) is 3.21. The van der Waals surface area contributed by atoms with Crippen molar-refractivity contribution in [3.8, 4) is 12.3 Å². The zero-order chi connectivity index (χ0) is 8.97. The maximum atomic E-state index is 12.5. The van der Waals surface area contributed by atoms with Gasteiger partial charge in [0.05, 0.1) is 0 Å². The Morgan fingerprint density at radius 2 is 2.00 bits per heavy atom. The van der Waals surface area contributed by atoms with Crippen LogP contribution in [0.4, 0.5) is 4.39 Å². The first-order chi connectivity index (χ1) is 5.77. The van der Waals surface area contributed by atoms with Crippen molar-refractivity contribution in [3.05, 3.63) is 35.6 Å². The van der Waals surface area contributed by atoms with E-state index in [9.17, 15) is 4.39 Å². The molecule has 0 amide bonds. The molecule has 0 fully saturated rings. The van der Waals surface area contributed by atoms with Gasteiger partial charge >= 0.3 is 0 Å². The van der Waals surface area contributed by atoms with E-state index in [1.807, 2.05) is 0 Å². The van der Waals surface area contributed by atoms with Crippen molar-refractivity contribution in [3.63, 3.8) is 0 Å². The van der Waals surface area contributed by atoms with Gasteiger partial charge in [0.15, 0.2) is 0 Å². The highest BCUT2D eigenvalue weighted by Gasteiger charge is 2.03. The fraction of sp³-hybridized carbons (Fsp3) is 0.111. The Morgan fingerprint density at radius 1 is 1.42 bits per heavy atom. The van der Waals surface area contributed by atoms with Crippen LogP contribution >= 0.6 is 0 Å². The van der Waals surface area contributed by atoms with Gasteiger partial charge in [-0.2, -0.15) is 0 Å². The Morgan fingerprint density at radius 3 is 2.42 bits per heavy atom. The lowest BCUT2D eigenvalue weighted by Crippen LogP contribution is -2.26. The summed E-state index contributed by atoms with van der Waals surface area (Å²) < 4.78 is 12.5. The highest BCUT2D eigenvalue weighted by molar-refractivity contribution is 5.25. The average molecular weight is 164 g/mol. The van der Waals surface area contributed by atoms with E-state index in [0.717, 1.165) is 5.56 Å². The smallest absolute Gasteiger partial charge is 0.123 e. The number of hydrogen-bond acceptors (Lipinski definition) is 2. The van der Waals surface area contributed by atoms with Gasteiger partial charge in [-0.25, -0.2) is 9.82 Å². The normalized spacial score (nSPS) is 12.1. The van der Waals surface area contributed by atoms with Crippen molar-refractivity contribution in [1.82, 2.24) is 5.43 Å². The van der Waals surface area contributed by atoms with Crippen molar-refractivity contribution in [2.24, 2.45) is 5.84 Å². The van der Waals surface area contributed by atoms with Crippen LogP contribution in [0.15, 0.2) is 24.3 Å². The van der Waals surface area contributed by atoms with Crippen molar-refractivity contribution in [2.75, 3.05) is 0 Å². The van der Waals surface area contributed by atoms with Gasteiger partial charge in [0.25, 0.3) is 0 Å². The largest absolute Gasteiger partial charge is 0.270 e. The second-order valence-electron chi connectivity index (χ2n) is 2.32. The molecular formula is C9H9FN2. The molecular weight excluding hydrogens is 155 g/mol. The first-order valence-corrected chi connectivity index (χ1v) is 3.45. The molecule has 0 spiro atoms. The molecule has 0 aliphatic rings. The number of nitrogens with one attached hydrogen (secondary N) is 1. The standard InChI is InChI=1S/C9H9FN2/c1-2-9(12-11)7-3-5-8(10)6-4-7/h1,3-6,9,12H,11H2. The quantitative estimate of drug-likeness (QED) is 0.388. The fourth-order valence-electron chi connectivity index (χ4n) is 0.896. The van der Waals surface area contributed by atoms with E-state index in [2.05, 4.69) is 11.3 Å². The van der Waals surface area contributed by atoms with E-state index in [1.54, 1.807) is 12.1 Å². The van der Waals surface area contributed by atoms with E-state index in [1.165, 1.54) is 12.1 Å². The molecule has 0 radical (unpaired) electrons. The monoisotopic (exact) mass is 164 g/mol. The van der Waals surface area contributed by atoms with Crippen molar-refractivity contribution in [2.45, 2.75) is 6.04 Å². The summed E-state index contributed by atoms with van der Waals surface area (Å²) in [6, 6.07) is 5.53. The summed E-state index contributed by atoms with van der Waals surface area (Å²) >= 11 is 0. The second kappa shape index (κ2) is 3.86. The average Bonchev–Trinajstić information content (AvgIpc) is 2.10. The van der Waals surface area contributed by atoms with E-state index in [0.29, 0.717) is 0 Å². The predicted molar refractivity (Wildman–Crippen MR) is 45.3 cm³/mol. The van der Waals surface area contributed by atoms with Crippen LogP contribution in [-0.2, 0) is 0 Å². The Kier molecular flexibility index (Phi) is 2.81. The molecule has 0 saturated carbocycles. The molecule has 62 valence electrons. The van der Waals surface area contributed by atoms with Gasteiger partial charge in [-0.1, -0.05) is 18.1 Å². The van der Waals surface area contributed by atoms with Crippen molar-refractivity contribution < 1.29 is 4.39 Å². The molecule has 1 unspecified atom stereocenters. The number of hydrazine groups is 1. The number of hydrogen-bond donors (Lipinski definition) is 2. The van der Waals surface area contributed by atoms with Crippen LogP contribution in [-0.4, -0.2) is 0 Å². The zero-order valence-electron chi connectivity index (χ0n) is 6.42. The third kappa shape index (κ3) is 1.82. The van der Waals surface area contributed by atoms with E-state index >= 15 is 0 Å². The fourth-order valence-corrected chi connectivity index (χ4v) is 0.896. The lowest BCUT2D eigenvalue weighted by Gasteiger charge is -2.08. The number of nitrogens with two attached hydrogens (primary N) is 1.